The van der Waals surface area contributed by atoms with Crippen molar-refractivity contribution >= 4 is 15.9 Å². The third kappa shape index (κ3) is 3.33. The number of rotatable bonds is 6. The summed E-state index contributed by atoms with van der Waals surface area (Å²) in [6, 6.07) is 5.34. The molecule has 0 saturated heterocycles. The quantitative estimate of drug-likeness (QED) is 0.778. The summed E-state index contributed by atoms with van der Waals surface area (Å²) >= 11 is 3.36. The van der Waals surface area contributed by atoms with Crippen molar-refractivity contribution in [3.63, 3.8) is 0 Å². The molecule has 1 aromatic rings. The van der Waals surface area contributed by atoms with Gasteiger partial charge in [-0.05, 0) is 78.2 Å². The fourth-order valence-electron chi connectivity index (χ4n) is 2.63. The van der Waals surface area contributed by atoms with Gasteiger partial charge in [0.25, 0.3) is 0 Å². The maximum Gasteiger partial charge on any atom is 0.137 e. The smallest absolute Gasteiger partial charge is 0.137 e. The highest BCUT2D eigenvalue weighted by Crippen LogP contribution is 2.37. The molecule has 1 aliphatic carbocycles. The summed E-state index contributed by atoms with van der Waals surface area (Å²) in [5.41, 5.74) is 1.11. The van der Waals surface area contributed by atoms with Crippen LogP contribution in [0.4, 0.5) is 4.39 Å². The molecule has 2 unspecified atom stereocenters. The van der Waals surface area contributed by atoms with Gasteiger partial charge in [0.2, 0.25) is 0 Å². The highest BCUT2D eigenvalue weighted by atomic mass is 79.9. The van der Waals surface area contributed by atoms with Crippen LogP contribution >= 0.6 is 15.9 Å². The Morgan fingerprint density at radius 3 is 2.78 bits per heavy atom. The molecule has 0 aromatic heterocycles. The average molecular weight is 314 g/mol. The molecule has 1 nitrogen and oxygen atoms in total. The van der Waals surface area contributed by atoms with E-state index in [4.69, 9.17) is 0 Å². The molecular weight excluding hydrogens is 293 g/mol. The van der Waals surface area contributed by atoms with Gasteiger partial charge in [0, 0.05) is 0 Å². The van der Waals surface area contributed by atoms with E-state index in [1.807, 2.05) is 6.07 Å². The fourth-order valence-corrected chi connectivity index (χ4v) is 3.05. The maximum atomic E-state index is 13.4. The van der Waals surface area contributed by atoms with Crippen LogP contribution in [0.5, 0.6) is 0 Å². The van der Waals surface area contributed by atoms with E-state index in [9.17, 15) is 4.39 Å². The predicted molar refractivity (Wildman–Crippen MR) is 77.2 cm³/mol. The molecule has 1 saturated carbocycles. The van der Waals surface area contributed by atoms with E-state index in [2.05, 4.69) is 28.2 Å². The molecule has 100 valence electrons. The second-order valence-corrected chi connectivity index (χ2v) is 6.01. The summed E-state index contributed by atoms with van der Waals surface area (Å²) in [6.07, 6.45) is 4.78. The molecule has 0 spiro atoms. The van der Waals surface area contributed by atoms with Gasteiger partial charge in [0.15, 0.2) is 0 Å². The minimum atomic E-state index is -0.146. The van der Waals surface area contributed by atoms with Gasteiger partial charge in [-0.1, -0.05) is 19.1 Å². The van der Waals surface area contributed by atoms with Crippen LogP contribution in [-0.4, -0.2) is 13.1 Å². The van der Waals surface area contributed by atoms with Crippen LogP contribution in [0.1, 0.15) is 31.7 Å². The van der Waals surface area contributed by atoms with Crippen molar-refractivity contribution in [2.24, 2.45) is 11.8 Å². The zero-order valence-electron chi connectivity index (χ0n) is 10.9. The van der Waals surface area contributed by atoms with E-state index < -0.39 is 0 Å². The Balaban J connectivity index is 1.87. The van der Waals surface area contributed by atoms with Crippen LogP contribution < -0.4 is 5.32 Å². The number of hydrogen-bond acceptors (Lipinski definition) is 1. The molecule has 1 aromatic carbocycles. The minimum Gasteiger partial charge on any atom is -0.316 e. The van der Waals surface area contributed by atoms with E-state index >= 15 is 0 Å². The Morgan fingerprint density at radius 1 is 1.33 bits per heavy atom. The van der Waals surface area contributed by atoms with E-state index in [1.54, 1.807) is 6.07 Å². The Labute approximate surface area is 117 Å². The molecule has 0 aliphatic heterocycles. The van der Waals surface area contributed by atoms with E-state index in [0.717, 1.165) is 31.0 Å². The van der Waals surface area contributed by atoms with E-state index in [0.29, 0.717) is 10.4 Å². The van der Waals surface area contributed by atoms with E-state index in [-0.39, 0.29) is 5.82 Å². The number of hydrogen-bond donors (Lipinski definition) is 1. The monoisotopic (exact) mass is 313 g/mol. The topological polar surface area (TPSA) is 12.0 Å². The lowest BCUT2D eigenvalue weighted by Gasteiger charge is -2.37. The first-order valence-electron chi connectivity index (χ1n) is 6.86. The summed E-state index contributed by atoms with van der Waals surface area (Å²) in [6.45, 7) is 4.41. The van der Waals surface area contributed by atoms with Gasteiger partial charge >= 0.3 is 0 Å². The summed E-state index contributed by atoms with van der Waals surface area (Å²) in [7, 11) is 0. The Bertz CT molecular complexity index is 394. The first-order chi connectivity index (χ1) is 8.72. The Hall–Kier alpha value is -0.410. The molecule has 1 aliphatic rings. The van der Waals surface area contributed by atoms with Crippen molar-refractivity contribution in [2.75, 3.05) is 13.1 Å². The van der Waals surface area contributed by atoms with Gasteiger partial charge in [-0.3, -0.25) is 0 Å². The van der Waals surface area contributed by atoms with Crippen LogP contribution in [0.2, 0.25) is 0 Å². The van der Waals surface area contributed by atoms with Crippen LogP contribution in [-0.2, 0) is 6.42 Å². The molecule has 0 heterocycles. The summed E-state index contributed by atoms with van der Waals surface area (Å²) in [5, 5.41) is 3.49. The number of benzene rings is 1. The normalized spacial score (nSPS) is 22.8. The van der Waals surface area contributed by atoms with Crippen molar-refractivity contribution < 1.29 is 4.39 Å². The second-order valence-electron chi connectivity index (χ2n) is 5.22. The van der Waals surface area contributed by atoms with Crippen molar-refractivity contribution in [1.82, 2.24) is 5.32 Å². The van der Waals surface area contributed by atoms with Gasteiger partial charge in [-0.2, -0.15) is 0 Å². The van der Waals surface area contributed by atoms with Gasteiger partial charge in [-0.25, -0.2) is 4.39 Å². The fraction of sp³-hybridized carbons (Fsp3) is 0.600. The largest absolute Gasteiger partial charge is 0.316 e. The lowest BCUT2D eigenvalue weighted by Crippen LogP contribution is -2.36. The van der Waals surface area contributed by atoms with Crippen molar-refractivity contribution in [1.29, 1.82) is 0 Å². The van der Waals surface area contributed by atoms with Crippen LogP contribution in [0.15, 0.2) is 22.7 Å². The molecule has 2 atom stereocenters. The van der Waals surface area contributed by atoms with Gasteiger partial charge < -0.3 is 5.32 Å². The molecule has 2 rings (SSSR count). The first-order valence-corrected chi connectivity index (χ1v) is 7.65. The lowest BCUT2D eigenvalue weighted by molar-refractivity contribution is 0.171. The van der Waals surface area contributed by atoms with Gasteiger partial charge in [0.1, 0.15) is 5.82 Å². The molecular formula is C15H21BrFN. The standard InChI is InChI=1S/C15H21BrFN/c1-2-8-18-10-13-7-6-11(13)9-12-4-3-5-14(17)15(12)16/h3-5,11,13,18H,2,6-10H2,1H3. The molecule has 3 heteroatoms. The molecule has 1 N–H and O–H groups in total. The van der Waals surface area contributed by atoms with Crippen molar-refractivity contribution in [3.8, 4) is 0 Å². The van der Waals surface area contributed by atoms with Crippen LogP contribution in [0, 0.1) is 17.7 Å². The second kappa shape index (κ2) is 6.67. The first kappa shape index (κ1) is 14.0. The zero-order valence-corrected chi connectivity index (χ0v) is 12.5. The lowest BCUT2D eigenvalue weighted by atomic mass is 9.70. The Kier molecular flexibility index (Phi) is 5.19. The van der Waals surface area contributed by atoms with E-state index in [1.165, 1.54) is 25.3 Å². The SMILES string of the molecule is CCCNCC1CCC1Cc1cccc(F)c1Br. The average Bonchev–Trinajstić information content (AvgIpc) is 2.35. The predicted octanol–water partition coefficient (Wildman–Crippen LogP) is 4.16. The highest BCUT2D eigenvalue weighted by molar-refractivity contribution is 9.10. The summed E-state index contributed by atoms with van der Waals surface area (Å²) < 4.78 is 14.1. The van der Waals surface area contributed by atoms with Crippen molar-refractivity contribution in [3.05, 3.63) is 34.1 Å². The summed E-state index contributed by atoms with van der Waals surface area (Å²) in [4.78, 5) is 0. The minimum absolute atomic E-state index is 0.146. The maximum absolute atomic E-state index is 13.4. The Morgan fingerprint density at radius 2 is 2.11 bits per heavy atom. The van der Waals surface area contributed by atoms with Gasteiger partial charge in [-0.15, -0.1) is 0 Å². The zero-order chi connectivity index (χ0) is 13.0. The number of halogens is 2. The third-order valence-electron chi connectivity index (χ3n) is 3.92. The molecule has 1 fully saturated rings. The summed E-state index contributed by atoms with van der Waals surface area (Å²) in [5.74, 6) is 1.34. The van der Waals surface area contributed by atoms with Crippen molar-refractivity contribution in [2.45, 2.75) is 32.6 Å². The van der Waals surface area contributed by atoms with Gasteiger partial charge in [0.05, 0.1) is 4.47 Å². The molecule has 0 radical (unpaired) electrons. The third-order valence-corrected chi connectivity index (χ3v) is 4.81. The van der Waals surface area contributed by atoms with Crippen LogP contribution in [0.25, 0.3) is 0 Å². The van der Waals surface area contributed by atoms with Crippen LogP contribution in [0.3, 0.4) is 0 Å². The number of nitrogens with one attached hydrogen (secondary N) is 1. The highest BCUT2D eigenvalue weighted by Gasteiger charge is 2.30. The molecule has 0 bridgehead atoms. The molecule has 18 heavy (non-hydrogen) atoms. The molecule has 0 amide bonds.